The largest absolute Gasteiger partial charge is 0.493 e. The second kappa shape index (κ2) is 9.47. The van der Waals surface area contributed by atoms with Gasteiger partial charge < -0.3 is 18.9 Å². The lowest BCUT2D eigenvalue weighted by molar-refractivity contribution is -0.123. The summed E-state index contributed by atoms with van der Waals surface area (Å²) in [5, 5.41) is 3.95. The van der Waals surface area contributed by atoms with Crippen LogP contribution in [-0.4, -0.2) is 40.1 Å². The van der Waals surface area contributed by atoms with Crippen molar-refractivity contribution in [2.45, 2.75) is 13.8 Å². The van der Waals surface area contributed by atoms with Crippen molar-refractivity contribution < 1.29 is 23.7 Å². The van der Waals surface area contributed by atoms with Gasteiger partial charge in [-0.3, -0.25) is 4.79 Å². The van der Waals surface area contributed by atoms with Crippen molar-refractivity contribution in [2.24, 2.45) is 5.10 Å². The van der Waals surface area contributed by atoms with Gasteiger partial charge in [0.2, 0.25) is 5.75 Å². The van der Waals surface area contributed by atoms with Gasteiger partial charge in [-0.2, -0.15) is 5.10 Å². The fourth-order valence-electron chi connectivity index (χ4n) is 2.55. The van der Waals surface area contributed by atoms with Crippen molar-refractivity contribution in [1.29, 1.82) is 0 Å². The van der Waals surface area contributed by atoms with Crippen molar-refractivity contribution in [1.82, 2.24) is 5.43 Å². The number of nitrogens with one attached hydrogen (secondary N) is 1. The quantitative estimate of drug-likeness (QED) is 0.569. The van der Waals surface area contributed by atoms with E-state index in [1.165, 1.54) is 27.5 Å². The van der Waals surface area contributed by atoms with E-state index in [1.54, 1.807) is 12.1 Å². The summed E-state index contributed by atoms with van der Waals surface area (Å²) in [6, 6.07) is 9.26. The highest BCUT2D eigenvalue weighted by atomic mass is 16.5. The summed E-state index contributed by atoms with van der Waals surface area (Å²) in [7, 11) is 4.60. The molecule has 7 heteroatoms. The molecule has 7 nitrogen and oxygen atoms in total. The maximum Gasteiger partial charge on any atom is 0.277 e. The van der Waals surface area contributed by atoms with Crippen molar-refractivity contribution in [3.05, 3.63) is 47.0 Å². The predicted octanol–water partition coefficient (Wildman–Crippen LogP) is 2.86. The molecule has 2 aromatic carbocycles. The summed E-state index contributed by atoms with van der Waals surface area (Å²) in [4.78, 5) is 12.0. The molecule has 1 amide bonds. The number of carbonyl (C=O) groups is 1. The first kappa shape index (κ1) is 20.1. The Labute approximate surface area is 158 Å². The molecule has 0 spiro atoms. The molecule has 1 N–H and O–H groups in total. The summed E-state index contributed by atoms with van der Waals surface area (Å²) < 4.78 is 21.4. The second-order valence-corrected chi connectivity index (χ2v) is 5.76. The van der Waals surface area contributed by atoms with E-state index in [4.69, 9.17) is 18.9 Å². The topological polar surface area (TPSA) is 78.4 Å². The van der Waals surface area contributed by atoms with Crippen LogP contribution in [0.4, 0.5) is 0 Å². The predicted molar refractivity (Wildman–Crippen MR) is 103 cm³/mol. The van der Waals surface area contributed by atoms with E-state index >= 15 is 0 Å². The highest BCUT2D eigenvalue weighted by Crippen LogP contribution is 2.37. The zero-order valence-electron chi connectivity index (χ0n) is 16.2. The Morgan fingerprint density at radius 3 is 2.11 bits per heavy atom. The van der Waals surface area contributed by atoms with Crippen LogP contribution in [0, 0.1) is 13.8 Å². The van der Waals surface area contributed by atoms with Crippen LogP contribution in [0.15, 0.2) is 35.4 Å². The van der Waals surface area contributed by atoms with E-state index in [2.05, 4.69) is 10.5 Å². The molecule has 0 saturated heterocycles. The van der Waals surface area contributed by atoms with Gasteiger partial charge in [0.1, 0.15) is 5.75 Å². The SMILES string of the molecule is COc1cc(/C=N/NC(=O)COc2c(C)cccc2C)cc(OC)c1OC. The maximum absolute atomic E-state index is 12.0. The molecule has 0 unspecified atom stereocenters. The number of amides is 1. The Bertz CT molecular complexity index is 788. The molecule has 2 rings (SSSR count). The molecule has 0 aliphatic carbocycles. The number of nitrogens with zero attached hydrogens (tertiary/aromatic N) is 1. The Hall–Kier alpha value is -3.22. The number of methoxy groups -OCH3 is 3. The Balaban J connectivity index is 1.99. The average Bonchev–Trinajstić information content (AvgIpc) is 2.66. The van der Waals surface area contributed by atoms with Gasteiger partial charge in [-0.05, 0) is 37.1 Å². The average molecular weight is 372 g/mol. The van der Waals surface area contributed by atoms with Crippen LogP contribution in [0.2, 0.25) is 0 Å². The van der Waals surface area contributed by atoms with E-state index in [0.29, 0.717) is 28.6 Å². The molecular formula is C20H24N2O5. The van der Waals surface area contributed by atoms with Crippen LogP contribution < -0.4 is 24.4 Å². The molecule has 144 valence electrons. The number of aryl methyl sites for hydroxylation is 2. The fraction of sp³-hybridized carbons (Fsp3) is 0.300. The van der Waals surface area contributed by atoms with Crippen LogP contribution in [0.3, 0.4) is 0 Å². The van der Waals surface area contributed by atoms with Crippen LogP contribution in [0.25, 0.3) is 0 Å². The Morgan fingerprint density at radius 1 is 1.00 bits per heavy atom. The van der Waals surface area contributed by atoms with Crippen molar-refractivity contribution >= 4 is 12.1 Å². The number of hydrogen-bond acceptors (Lipinski definition) is 6. The zero-order valence-corrected chi connectivity index (χ0v) is 16.2. The number of hydrazone groups is 1. The third kappa shape index (κ3) is 5.13. The number of para-hydroxylation sites is 1. The lowest BCUT2D eigenvalue weighted by atomic mass is 10.1. The number of ether oxygens (including phenoxy) is 4. The molecule has 0 saturated carbocycles. The minimum Gasteiger partial charge on any atom is -0.493 e. The molecule has 2 aromatic rings. The normalized spacial score (nSPS) is 10.6. The van der Waals surface area contributed by atoms with E-state index in [9.17, 15) is 4.79 Å². The molecule has 0 aliphatic heterocycles. The highest BCUT2D eigenvalue weighted by molar-refractivity contribution is 5.84. The van der Waals surface area contributed by atoms with Gasteiger partial charge in [0, 0.05) is 5.56 Å². The van der Waals surface area contributed by atoms with Gasteiger partial charge in [-0.15, -0.1) is 0 Å². The lowest BCUT2D eigenvalue weighted by Crippen LogP contribution is -2.25. The third-order valence-corrected chi connectivity index (χ3v) is 3.85. The minimum absolute atomic E-state index is 0.127. The van der Waals surface area contributed by atoms with E-state index in [1.807, 2.05) is 32.0 Å². The summed E-state index contributed by atoms with van der Waals surface area (Å²) >= 11 is 0. The number of hydrogen-bond donors (Lipinski definition) is 1. The number of carbonyl (C=O) groups excluding carboxylic acids is 1. The van der Waals surface area contributed by atoms with Gasteiger partial charge in [0.05, 0.1) is 27.5 Å². The first-order valence-corrected chi connectivity index (χ1v) is 8.31. The summed E-state index contributed by atoms with van der Waals surface area (Å²) in [6.07, 6.45) is 1.49. The van der Waals surface area contributed by atoms with Crippen molar-refractivity contribution in [3.8, 4) is 23.0 Å². The molecule has 0 heterocycles. The molecule has 0 bridgehead atoms. The third-order valence-electron chi connectivity index (χ3n) is 3.85. The Morgan fingerprint density at radius 2 is 1.59 bits per heavy atom. The van der Waals surface area contributed by atoms with Crippen LogP contribution in [0.5, 0.6) is 23.0 Å². The molecule has 0 atom stereocenters. The van der Waals surface area contributed by atoms with Gasteiger partial charge >= 0.3 is 0 Å². The van der Waals surface area contributed by atoms with Crippen molar-refractivity contribution in [3.63, 3.8) is 0 Å². The molecular weight excluding hydrogens is 348 g/mol. The molecule has 0 fully saturated rings. The fourth-order valence-corrected chi connectivity index (χ4v) is 2.55. The van der Waals surface area contributed by atoms with Crippen LogP contribution in [0.1, 0.15) is 16.7 Å². The Kier molecular flexibility index (Phi) is 7.05. The zero-order chi connectivity index (χ0) is 19.8. The van der Waals surface area contributed by atoms with E-state index in [-0.39, 0.29) is 12.5 Å². The summed E-state index contributed by atoms with van der Waals surface area (Å²) in [6.45, 7) is 3.74. The highest BCUT2D eigenvalue weighted by Gasteiger charge is 2.12. The van der Waals surface area contributed by atoms with E-state index < -0.39 is 0 Å². The van der Waals surface area contributed by atoms with Crippen LogP contribution in [-0.2, 0) is 4.79 Å². The van der Waals surface area contributed by atoms with E-state index in [0.717, 1.165) is 11.1 Å². The summed E-state index contributed by atoms with van der Waals surface area (Å²) in [5.74, 6) is 1.84. The lowest BCUT2D eigenvalue weighted by Gasteiger charge is -2.12. The number of benzene rings is 2. The van der Waals surface area contributed by atoms with Gasteiger partial charge in [-0.1, -0.05) is 18.2 Å². The van der Waals surface area contributed by atoms with Gasteiger partial charge in [0.25, 0.3) is 5.91 Å². The maximum atomic E-state index is 12.0. The van der Waals surface area contributed by atoms with Gasteiger partial charge in [-0.25, -0.2) is 5.43 Å². The molecule has 0 radical (unpaired) electrons. The van der Waals surface area contributed by atoms with Gasteiger partial charge in [0.15, 0.2) is 18.1 Å². The molecule has 0 aromatic heterocycles. The first-order chi connectivity index (χ1) is 13.0. The van der Waals surface area contributed by atoms with Crippen molar-refractivity contribution in [2.75, 3.05) is 27.9 Å². The molecule has 27 heavy (non-hydrogen) atoms. The van der Waals surface area contributed by atoms with Crippen LogP contribution >= 0.6 is 0 Å². The second-order valence-electron chi connectivity index (χ2n) is 5.76. The summed E-state index contributed by atoms with van der Waals surface area (Å²) in [5.41, 5.74) is 5.07. The standard InChI is InChI=1S/C20H24N2O5/c1-13-7-6-8-14(2)19(13)27-12-18(23)22-21-11-15-9-16(24-3)20(26-5)17(10-15)25-4/h6-11H,12H2,1-5H3,(H,22,23)/b21-11+. The first-order valence-electron chi connectivity index (χ1n) is 8.31. The smallest absolute Gasteiger partial charge is 0.277 e. The number of rotatable bonds is 8. The molecule has 0 aliphatic rings. The monoisotopic (exact) mass is 372 g/mol. The minimum atomic E-state index is -0.360.